The molecule has 0 saturated heterocycles. The van der Waals surface area contributed by atoms with Crippen molar-refractivity contribution in [2.75, 3.05) is 26.4 Å². The normalized spacial score (nSPS) is 11.2. The van der Waals surface area contributed by atoms with Gasteiger partial charge in [-0.3, -0.25) is 9.59 Å². The van der Waals surface area contributed by atoms with E-state index < -0.39 is 0 Å². The monoisotopic (exact) mass is 783 g/mol. The van der Waals surface area contributed by atoms with Gasteiger partial charge in [-0.2, -0.15) is 0 Å². The largest absolute Gasteiger partial charge is 0.493 e. The summed E-state index contributed by atoms with van der Waals surface area (Å²) in [5.41, 5.74) is 1.24. The van der Waals surface area contributed by atoms with Crippen LogP contribution in [0.2, 0.25) is 0 Å². The van der Waals surface area contributed by atoms with E-state index in [0.717, 1.165) is 121 Å². The van der Waals surface area contributed by atoms with Gasteiger partial charge in [-0.1, -0.05) is 142 Å². The second kappa shape index (κ2) is 36.3. The van der Waals surface area contributed by atoms with Crippen molar-refractivity contribution in [1.29, 1.82) is 0 Å². The number of aryl methyl sites for hydroxylation is 2. The van der Waals surface area contributed by atoms with Crippen molar-refractivity contribution in [3.05, 3.63) is 42.5 Å². The van der Waals surface area contributed by atoms with Gasteiger partial charge in [0.15, 0.2) is 0 Å². The lowest BCUT2D eigenvalue weighted by Crippen LogP contribution is -2.05. The van der Waals surface area contributed by atoms with Crippen LogP contribution >= 0.6 is 0 Å². The predicted octanol–water partition coefficient (Wildman–Crippen LogP) is 13.3. The van der Waals surface area contributed by atoms with E-state index in [-0.39, 0.29) is 11.9 Å². The minimum atomic E-state index is -0.0284. The molecule has 0 aliphatic carbocycles. The van der Waals surface area contributed by atoms with Crippen molar-refractivity contribution < 1.29 is 28.5 Å². The highest BCUT2D eigenvalue weighted by Gasteiger charge is 2.07. The average Bonchev–Trinajstić information content (AvgIpc) is 3.72. The van der Waals surface area contributed by atoms with Crippen LogP contribution in [-0.2, 0) is 32.0 Å². The number of carbonyl (C=O) groups is 2. The van der Waals surface area contributed by atoms with Crippen molar-refractivity contribution >= 4 is 11.9 Å². The van der Waals surface area contributed by atoms with Gasteiger partial charge in [0.2, 0.25) is 0 Å². The summed E-state index contributed by atoms with van der Waals surface area (Å²) >= 11 is 0. The summed E-state index contributed by atoms with van der Waals surface area (Å²) in [5.74, 6) is 1.72. The fourth-order valence-corrected chi connectivity index (χ4v) is 7.00. The molecule has 0 spiro atoms. The summed E-state index contributed by atoms with van der Waals surface area (Å²) in [6.07, 6.45) is 39.0. The van der Waals surface area contributed by atoms with E-state index in [0.29, 0.717) is 39.3 Å². The van der Waals surface area contributed by atoms with Gasteiger partial charge in [-0.15, -0.1) is 0 Å². The summed E-state index contributed by atoms with van der Waals surface area (Å²) in [7, 11) is 0. The van der Waals surface area contributed by atoms with Gasteiger partial charge in [0.1, 0.15) is 11.5 Å². The van der Waals surface area contributed by atoms with Crippen LogP contribution < -0.4 is 9.47 Å². The number of rotatable bonds is 40. The molecule has 0 atom stereocenters. The number of carbonyl (C=O) groups excluding carboxylic acids is 2. The van der Waals surface area contributed by atoms with Gasteiger partial charge in [-0.05, 0) is 69.1 Å². The fourth-order valence-electron chi connectivity index (χ4n) is 7.00. The number of hydrogen-bond acceptors (Lipinski definition) is 7. The number of aromatic nitrogens is 2. The number of hydrogen-bond donors (Lipinski definition) is 0. The average molecular weight is 783 g/mol. The molecule has 0 saturated carbocycles. The zero-order valence-electron chi connectivity index (χ0n) is 36.1. The molecule has 0 aliphatic rings. The maximum atomic E-state index is 12.0. The predicted molar refractivity (Wildman–Crippen MR) is 231 cm³/mol. The summed E-state index contributed by atoms with van der Waals surface area (Å²) in [6.45, 7) is 7.92. The van der Waals surface area contributed by atoms with E-state index in [1.54, 1.807) is 0 Å². The fraction of sp³-hybridized carbons (Fsp3) is 0.771. The quantitative estimate of drug-likeness (QED) is 0.0491. The molecule has 0 bridgehead atoms. The second-order valence-electron chi connectivity index (χ2n) is 15.8. The molecule has 0 N–H and O–H groups in total. The van der Waals surface area contributed by atoms with Crippen molar-refractivity contribution in [1.82, 2.24) is 9.55 Å². The highest BCUT2D eigenvalue weighted by atomic mass is 16.5. The summed E-state index contributed by atoms with van der Waals surface area (Å²) < 4.78 is 25.5. The summed E-state index contributed by atoms with van der Waals surface area (Å²) in [5, 5.41) is 0. The number of ether oxygens (including phenoxy) is 4. The Morgan fingerprint density at radius 1 is 0.500 bits per heavy atom. The lowest BCUT2D eigenvalue weighted by atomic mass is 10.1. The second-order valence-corrected chi connectivity index (χ2v) is 15.8. The van der Waals surface area contributed by atoms with Crippen LogP contribution in [0.4, 0.5) is 0 Å². The molecule has 1 aromatic carbocycles. The van der Waals surface area contributed by atoms with E-state index in [9.17, 15) is 9.59 Å². The Hall–Kier alpha value is -3.03. The van der Waals surface area contributed by atoms with E-state index in [1.165, 1.54) is 82.6 Å². The first-order chi connectivity index (χ1) is 27.6. The first kappa shape index (κ1) is 49.1. The number of esters is 2. The Labute approximate surface area is 342 Å². The molecule has 8 heteroatoms. The van der Waals surface area contributed by atoms with E-state index in [2.05, 4.69) is 35.5 Å². The summed E-state index contributed by atoms with van der Waals surface area (Å²) in [4.78, 5) is 28.1. The molecule has 0 radical (unpaired) electrons. The molecular formula is C48H82N2O6. The van der Waals surface area contributed by atoms with Crippen LogP contribution in [0.1, 0.15) is 206 Å². The SMILES string of the molecule is CCCCCCCCCC(=O)OCCCCCCCCOc1cc(CCCn2ccnc2)cc(OCCCCCCCCOC(=O)CCCCCCCCC)c1. The van der Waals surface area contributed by atoms with E-state index in [1.807, 2.05) is 24.8 Å². The van der Waals surface area contributed by atoms with E-state index in [4.69, 9.17) is 18.9 Å². The van der Waals surface area contributed by atoms with E-state index >= 15 is 0 Å². The molecule has 56 heavy (non-hydrogen) atoms. The number of benzene rings is 1. The number of nitrogens with zero attached hydrogens (tertiary/aromatic N) is 2. The Morgan fingerprint density at radius 3 is 1.34 bits per heavy atom. The summed E-state index contributed by atoms with van der Waals surface area (Å²) in [6, 6.07) is 6.38. The molecule has 8 nitrogen and oxygen atoms in total. The third-order valence-electron chi connectivity index (χ3n) is 10.5. The van der Waals surface area contributed by atoms with Crippen molar-refractivity contribution in [2.45, 2.75) is 213 Å². The Bertz CT molecular complexity index is 1120. The molecule has 0 fully saturated rings. The standard InChI is InChI=1S/C48H82N2O6/c1-3-5-7-9-11-17-23-31-47(51)55-38-27-21-15-13-19-25-36-53-45-40-44(30-29-34-50-35-33-49-43-50)41-46(42-45)54-37-26-20-14-16-22-28-39-56-48(52)32-24-18-12-10-8-6-4-2/h33,35,40-43H,3-32,34,36-39H2,1-2H3. The van der Waals surface area contributed by atoms with Gasteiger partial charge in [-0.25, -0.2) is 4.98 Å². The minimum Gasteiger partial charge on any atom is -0.493 e. The molecule has 0 amide bonds. The lowest BCUT2D eigenvalue weighted by molar-refractivity contribution is -0.144. The van der Waals surface area contributed by atoms with Crippen molar-refractivity contribution in [3.63, 3.8) is 0 Å². The zero-order valence-corrected chi connectivity index (χ0v) is 36.1. The first-order valence-corrected chi connectivity index (χ1v) is 23.3. The van der Waals surface area contributed by atoms with Crippen LogP contribution in [0.15, 0.2) is 36.9 Å². The first-order valence-electron chi connectivity index (χ1n) is 23.3. The molecule has 2 aromatic rings. The Morgan fingerprint density at radius 2 is 0.911 bits per heavy atom. The van der Waals surface area contributed by atoms with Gasteiger partial charge in [0, 0.05) is 37.8 Å². The maximum absolute atomic E-state index is 12.0. The van der Waals surface area contributed by atoms with Gasteiger partial charge in [0.05, 0.1) is 32.8 Å². The third kappa shape index (κ3) is 29.2. The van der Waals surface area contributed by atoms with Gasteiger partial charge >= 0.3 is 11.9 Å². The van der Waals surface area contributed by atoms with Crippen LogP contribution in [0.3, 0.4) is 0 Å². The Kier molecular flexibility index (Phi) is 31.9. The van der Waals surface area contributed by atoms with Crippen LogP contribution in [0.5, 0.6) is 11.5 Å². The number of imidazole rings is 1. The van der Waals surface area contributed by atoms with Crippen LogP contribution in [-0.4, -0.2) is 47.9 Å². The lowest BCUT2D eigenvalue weighted by Gasteiger charge is -2.13. The van der Waals surface area contributed by atoms with Crippen LogP contribution in [0, 0.1) is 0 Å². The topological polar surface area (TPSA) is 88.9 Å². The molecule has 1 heterocycles. The third-order valence-corrected chi connectivity index (χ3v) is 10.5. The van der Waals surface area contributed by atoms with Crippen LogP contribution in [0.25, 0.3) is 0 Å². The minimum absolute atomic E-state index is 0.0284. The number of unbranched alkanes of at least 4 members (excludes halogenated alkanes) is 22. The molecule has 0 aliphatic heterocycles. The van der Waals surface area contributed by atoms with Crippen molar-refractivity contribution in [2.24, 2.45) is 0 Å². The molecule has 320 valence electrons. The zero-order chi connectivity index (χ0) is 40.0. The smallest absolute Gasteiger partial charge is 0.305 e. The van der Waals surface area contributed by atoms with Gasteiger partial charge < -0.3 is 23.5 Å². The Balaban J connectivity index is 1.54. The maximum Gasteiger partial charge on any atom is 0.305 e. The highest BCUT2D eigenvalue weighted by molar-refractivity contribution is 5.69. The molecule has 1 aromatic heterocycles. The van der Waals surface area contributed by atoms with Crippen molar-refractivity contribution in [3.8, 4) is 11.5 Å². The molecule has 0 unspecified atom stereocenters. The molecular weight excluding hydrogens is 701 g/mol. The van der Waals surface area contributed by atoms with Gasteiger partial charge in [0.25, 0.3) is 0 Å². The highest BCUT2D eigenvalue weighted by Crippen LogP contribution is 2.25. The molecule has 2 rings (SSSR count).